The first-order valence-corrected chi connectivity index (χ1v) is 8.75. The minimum atomic E-state index is -0.789. The zero-order valence-electron chi connectivity index (χ0n) is 14.2. The Morgan fingerprint density at radius 2 is 2.08 bits per heavy atom. The Morgan fingerprint density at radius 3 is 2.68 bits per heavy atom. The van der Waals surface area contributed by atoms with Gasteiger partial charge in [-0.05, 0) is 37.6 Å². The first-order chi connectivity index (χ1) is 11.8. The number of thioether (sulfide) groups is 1. The van der Waals surface area contributed by atoms with Gasteiger partial charge in [0.2, 0.25) is 0 Å². The van der Waals surface area contributed by atoms with Crippen LogP contribution in [0, 0.1) is 16.7 Å². The number of ether oxygens (including phenoxy) is 1. The molecule has 0 atom stereocenters. The fourth-order valence-corrected chi connectivity index (χ4v) is 4.01. The van der Waals surface area contributed by atoms with E-state index in [1.807, 2.05) is 12.1 Å². The molecule has 0 heterocycles. The van der Waals surface area contributed by atoms with Crippen molar-refractivity contribution in [3.63, 3.8) is 0 Å². The first-order valence-electron chi connectivity index (χ1n) is 7.48. The van der Waals surface area contributed by atoms with Crippen LogP contribution in [-0.2, 0) is 9.53 Å². The van der Waals surface area contributed by atoms with Gasteiger partial charge in [0.15, 0.2) is 0 Å². The third-order valence-electron chi connectivity index (χ3n) is 3.65. The number of nitriles is 1. The van der Waals surface area contributed by atoms with Crippen LogP contribution in [0.3, 0.4) is 0 Å². The van der Waals surface area contributed by atoms with E-state index in [0.717, 1.165) is 16.0 Å². The van der Waals surface area contributed by atoms with Gasteiger partial charge in [-0.1, -0.05) is 18.2 Å². The van der Waals surface area contributed by atoms with Crippen molar-refractivity contribution < 1.29 is 9.53 Å². The number of methoxy groups -OCH3 is 1. The van der Waals surface area contributed by atoms with E-state index >= 15 is 0 Å². The van der Waals surface area contributed by atoms with Crippen LogP contribution in [0.1, 0.15) is 25.0 Å². The van der Waals surface area contributed by atoms with Crippen molar-refractivity contribution in [1.82, 2.24) is 0 Å². The molecule has 0 aromatic heterocycles. The van der Waals surface area contributed by atoms with Crippen LogP contribution < -0.4 is 0 Å². The Kier molecular flexibility index (Phi) is 5.93. The minimum Gasteiger partial charge on any atom is -0.468 e. The van der Waals surface area contributed by atoms with Crippen molar-refractivity contribution in [2.75, 3.05) is 7.11 Å². The smallest absolute Gasteiger partial charge is 0.321 e. The largest absolute Gasteiger partial charge is 0.468 e. The highest BCUT2D eigenvalue weighted by atomic mass is 32.2. The zero-order chi connectivity index (χ0) is 18.6. The molecule has 0 amide bonds. The molecule has 0 saturated carbocycles. The van der Waals surface area contributed by atoms with Gasteiger partial charge in [-0.3, -0.25) is 4.79 Å². The maximum absolute atomic E-state index is 12.1. The van der Waals surface area contributed by atoms with Gasteiger partial charge < -0.3 is 10.1 Å². The van der Waals surface area contributed by atoms with Crippen molar-refractivity contribution in [1.29, 1.82) is 10.7 Å². The molecule has 0 spiro atoms. The fraction of sp³-hybridized carbons (Fsp3) is 0.211. The Balaban J connectivity index is 2.65. The molecule has 0 aliphatic heterocycles. The van der Waals surface area contributed by atoms with Crippen molar-refractivity contribution in [3.8, 4) is 17.2 Å². The molecule has 6 heteroatoms. The van der Waals surface area contributed by atoms with E-state index in [9.17, 15) is 4.79 Å². The summed E-state index contributed by atoms with van der Waals surface area (Å²) in [5.74, 6) is -0.328. The summed E-state index contributed by atoms with van der Waals surface area (Å²) in [5, 5.41) is 16.7. The highest BCUT2D eigenvalue weighted by molar-refractivity contribution is 8.01. The van der Waals surface area contributed by atoms with Crippen LogP contribution in [-0.4, -0.2) is 24.0 Å². The van der Waals surface area contributed by atoms with Crippen LogP contribution in [0.15, 0.2) is 46.2 Å². The van der Waals surface area contributed by atoms with E-state index in [1.165, 1.54) is 25.1 Å². The third kappa shape index (κ3) is 4.06. The molecule has 128 valence electrons. The van der Waals surface area contributed by atoms with Gasteiger partial charge in [-0.25, -0.2) is 0 Å². The van der Waals surface area contributed by atoms with Crippen LogP contribution in [0.25, 0.3) is 11.1 Å². The lowest BCUT2D eigenvalue weighted by Gasteiger charge is -2.23. The first kappa shape index (κ1) is 19.1. The van der Waals surface area contributed by atoms with E-state index < -0.39 is 4.75 Å². The Bertz CT molecular complexity index is 870. The Morgan fingerprint density at radius 1 is 1.36 bits per heavy atom. The molecule has 1 N–H and O–H groups in total. The van der Waals surface area contributed by atoms with E-state index in [0.29, 0.717) is 16.0 Å². The van der Waals surface area contributed by atoms with Crippen LogP contribution >= 0.6 is 24.4 Å². The van der Waals surface area contributed by atoms with E-state index in [4.69, 9.17) is 15.4 Å². The second-order valence-corrected chi connectivity index (χ2v) is 7.93. The molecule has 2 rings (SSSR count). The van der Waals surface area contributed by atoms with Gasteiger partial charge in [0, 0.05) is 27.1 Å². The number of benzene rings is 2. The van der Waals surface area contributed by atoms with Gasteiger partial charge in [-0.2, -0.15) is 5.26 Å². The third-order valence-corrected chi connectivity index (χ3v) is 5.37. The molecule has 0 bridgehead atoms. The maximum Gasteiger partial charge on any atom is 0.321 e. The summed E-state index contributed by atoms with van der Waals surface area (Å²) in [4.78, 5) is 13.5. The summed E-state index contributed by atoms with van der Waals surface area (Å²) in [5.41, 5.74) is 2.81. The topological polar surface area (TPSA) is 73.9 Å². The molecular weight excluding hydrogens is 352 g/mol. The molecule has 0 unspecified atom stereocenters. The maximum atomic E-state index is 12.1. The summed E-state index contributed by atoms with van der Waals surface area (Å²) in [6, 6.07) is 13.0. The Hall–Kier alpha value is -2.23. The normalized spacial score (nSPS) is 10.8. The highest BCUT2D eigenvalue weighted by Gasteiger charge is 2.31. The average molecular weight is 370 g/mol. The second-order valence-electron chi connectivity index (χ2n) is 5.82. The lowest BCUT2D eigenvalue weighted by molar-refractivity contribution is -0.142. The molecule has 0 fully saturated rings. The van der Waals surface area contributed by atoms with Crippen molar-refractivity contribution in [2.45, 2.75) is 28.4 Å². The van der Waals surface area contributed by atoms with Crippen LogP contribution in [0.4, 0.5) is 0 Å². The monoisotopic (exact) mass is 370 g/mol. The number of hydrogen-bond acceptors (Lipinski definition) is 6. The SMILES string of the molecule is COC(=O)C(C)(C)Sc1ccc(C=N)c(S)c1-c1cccc(C#N)c1. The molecule has 0 aliphatic rings. The number of nitrogens with zero attached hydrogens (tertiary/aromatic N) is 1. The lowest BCUT2D eigenvalue weighted by Crippen LogP contribution is -2.29. The number of thiol groups is 1. The summed E-state index contributed by atoms with van der Waals surface area (Å²) >= 11 is 5.96. The number of esters is 1. The number of hydrogen-bond donors (Lipinski definition) is 2. The quantitative estimate of drug-likeness (QED) is 0.350. The molecule has 25 heavy (non-hydrogen) atoms. The molecule has 2 aromatic rings. The van der Waals surface area contributed by atoms with Gasteiger partial charge in [-0.15, -0.1) is 24.4 Å². The number of nitrogens with one attached hydrogen (secondary N) is 1. The Labute approximate surface area is 157 Å². The molecular formula is C19H18N2O2S2. The van der Waals surface area contributed by atoms with Gasteiger partial charge in [0.1, 0.15) is 4.75 Å². The van der Waals surface area contributed by atoms with Crippen molar-refractivity contribution in [3.05, 3.63) is 47.5 Å². The summed E-state index contributed by atoms with van der Waals surface area (Å²) in [7, 11) is 1.37. The van der Waals surface area contributed by atoms with Crippen LogP contribution in [0.2, 0.25) is 0 Å². The predicted molar refractivity (Wildman–Crippen MR) is 104 cm³/mol. The van der Waals surface area contributed by atoms with Gasteiger partial charge in [0.25, 0.3) is 0 Å². The predicted octanol–water partition coefficient (Wildman–Crippen LogP) is 4.56. The van der Waals surface area contributed by atoms with Crippen molar-refractivity contribution >= 4 is 36.6 Å². The average Bonchev–Trinajstić information content (AvgIpc) is 2.61. The molecule has 0 saturated heterocycles. The van der Waals surface area contributed by atoms with Crippen LogP contribution in [0.5, 0.6) is 0 Å². The zero-order valence-corrected chi connectivity index (χ0v) is 15.9. The minimum absolute atomic E-state index is 0.328. The van der Waals surface area contributed by atoms with Crippen molar-refractivity contribution in [2.24, 2.45) is 0 Å². The van der Waals surface area contributed by atoms with Gasteiger partial charge >= 0.3 is 5.97 Å². The number of carbonyl (C=O) groups is 1. The van der Waals surface area contributed by atoms with E-state index in [2.05, 4.69) is 18.7 Å². The molecule has 4 nitrogen and oxygen atoms in total. The summed E-state index contributed by atoms with van der Waals surface area (Å²) in [6.07, 6.45) is 1.24. The van der Waals surface area contributed by atoms with E-state index in [1.54, 1.807) is 38.1 Å². The summed E-state index contributed by atoms with van der Waals surface area (Å²) < 4.78 is 4.10. The molecule has 2 aromatic carbocycles. The number of carbonyl (C=O) groups excluding carboxylic acids is 1. The second kappa shape index (κ2) is 7.77. The molecule has 0 aliphatic carbocycles. The fourth-order valence-electron chi connectivity index (χ4n) is 2.38. The number of rotatable bonds is 5. The standard InChI is InChI=1S/C19H18N2O2S2/c1-19(2,18(22)23-3)25-15-8-7-14(11-21)17(24)16(15)13-6-4-5-12(9-13)10-20/h4-9,11,21,24H,1-3H3. The highest BCUT2D eigenvalue weighted by Crippen LogP contribution is 2.43. The van der Waals surface area contributed by atoms with Gasteiger partial charge in [0.05, 0.1) is 18.7 Å². The lowest BCUT2D eigenvalue weighted by atomic mass is 10.0. The summed E-state index contributed by atoms with van der Waals surface area (Å²) in [6.45, 7) is 3.59. The molecule has 0 radical (unpaired) electrons. The van der Waals surface area contributed by atoms with E-state index in [-0.39, 0.29) is 5.97 Å².